The molecular weight excluding hydrogens is 406 g/mol. The molecule has 3 aromatic heterocycles. The zero-order chi connectivity index (χ0) is 22.1. The quantitative estimate of drug-likeness (QED) is 0.407. The molecule has 0 atom stereocenters. The molecule has 32 heavy (non-hydrogen) atoms. The van der Waals surface area contributed by atoms with Crippen LogP contribution in [-0.2, 0) is 13.1 Å². The van der Waals surface area contributed by atoms with Crippen molar-refractivity contribution in [3.05, 3.63) is 89.4 Å². The fourth-order valence-electron chi connectivity index (χ4n) is 3.79. The van der Waals surface area contributed by atoms with Gasteiger partial charge >= 0.3 is 0 Å². The summed E-state index contributed by atoms with van der Waals surface area (Å²) in [5, 5.41) is 13.3. The van der Waals surface area contributed by atoms with Gasteiger partial charge in [0, 0.05) is 17.5 Å². The Hall–Kier alpha value is -4.20. The number of methoxy groups -OCH3 is 1. The number of pyridine rings is 1. The lowest BCUT2D eigenvalue weighted by molar-refractivity contribution is 0.0698. The third kappa shape index (κ3) is 3.66. The van der Waals surface area contributed by atoms with Gasteiger partial charge in [-0.3, -0.25) is 4.79 Å². The summed E-state index contributed by atoms with van der Waals surface area (Å²) in [5.74, 6) is 0.838. The van der Waals surface area contributed by atoms with E-state index in [0.717, 1.165) is 33.3 Å². The van der Waals surface area contributed by atoms with Crippen LogP contribution in [0.2, 0.25) is 0 Å². The van der Waals surface area contributed by atoms with Crippen LogP contribution in [0.5, 0.6) is 5.75 Å². The minimum absolute atomic E-state index is 0.208. The lowest BCUT2D eigenvalue weighted by Gasteiger charge is -2.22. The standard InChI is InChI=1S/C24H21N5O3/c1-16-5-8-18-13-19(23-25-26-27-29(23)21(18)12-16)15-28(24(30)22-4-3-11-32-22)14-17-6-9-20(31-2)10-7-17/h3-13H,14-15H2,1-2H3. The number of fused-ring (bicyclic) bond motifs is 3. The van der Waals surface area contributed by atoms with E-state index in [4.69, 9.17) is 9.15 Å². The number of rotatable bonds is 6. The van der Waals surface area contributed by atoms with Crippen LogP contribution in [0.3, 0.4) is 0 Å². The number of carbonyl (C=O) groups is 1. The van der Waals surface area contributed by atoms with Crippen LogP contribution in [0.4, 0.5) is 0 Å². The Labute approximate surface area is 184 Å². The maximum absolute atomic E-state index is 13.3. The van der Waals surface area contributed by atoms with E-state index < -0.39 is 0 Å². The molecule has 0 radical (unpaired) electrons. The Kier molecular flexibility index (Phi) is 5.03. The van der Waals surface area contributed by atoms with Gasteiger partial charge in [0.05, 0.1) is 25.4 Å². The second-order valence-electron chi connectivity index (χ2n) is 7.63. The number of hydrogen-bond donors (Lipinski definition) is 0. The predicted molar refractivity (Wildman–Crippen MR) is 118 cm³/mol. The summed E-state index contributed by atoms with van der Waals surface area (Å²) in [6.07, 6.45) is 1.50. The van der Waals surface area contributed by atoms with E-state index in [1.807, 2.05) is 55.5 Å². The fraction of sp³-hybridized carbons (Fsp3) is 0.167. The zero-order valence-electron chi connectivity index (χ0n) is 17.7. The molecule has 0 saturated heterocycles. The van der Waals surface area contributed by atoms with E-state index in [0.29, 0.717) is 18.7 Å². The predicted octanol–water partition coefficient (Wildman–Crippen LogP) is 4.03. The molecule has 160 valence electrons. The maximum Gasteiger partial charge on any atom is 0.290 e. The van der Waals surface area contributed by atoms with E-state index in [1.54, 1.807) is 28.7 Å². The fourth-order valence-corrected chi connectivity index (χ4v) is 3.79. The Morgan fingerprint density at radius 2 is 1.94 bits per heavy atom. The summed E-state index contributed by atoms with van der Waals surface area (Å²) in [4.78, 5) is 15.0. The first kappa shape index (κ1) is 19.7. The lowest BCUT2D eigenvalue weighted by atomic mass is 10.1. The molecule has 0 N–H and O–H groups in total. The first-order valence-corrected chi connectivity index (χ1v) is 10.2. The van der Waals surface area contributed by atoms with Crippen LogP contribution in [0.1, 0.15) is 27.2 Å². The highest BCUT2D eigenvalue weighted by atomic mass is 16.5. The van der Waals surface area contributed by atoms with Gasteiger partial charge in [-0.25, -0.2) is 0 Å². The number of ether oxygens (including phenoxy) is 1. The van der Waals surface area contributed by atoms with Crippen LogP contribution in [0, 0.1) is 6.92 Å². The second kappa shape index (κ2) is 8.14. The van der Waals surface area contributed by atoms with Crippen molar-refractivity contribution in [3.63, 3.8) is 0 Å². The molecule has 0 bridgehead atoms. The number of furan rings is 1. The minimum atomic E-state index is -0.208. The molecule has 3 heterocycles. The Morgan fingerprint density at radius 3 is 2.69 bits per heavy atom. The Morgan fingerprint density at radius 1 is 1.09 bits per heavy atom. The molecule has 1 amide bonds. The second-order valence-corrected chi connectivity index (χ2v) is 7.63. The molecular formula is C24H21N5O3. The highest BCUT2D eigenvalue weighted by Crippen LogP contribution is 2.23. The van der Waals surface area contributed by atoms with Gasteiger partial charge in [-0.1, -0.05) is 24.3 Å². The number of nitrogens with zero attached hydrogens (tertiary/aromatic N) is 5. The van der Waals surface area contributed by atoms with Crippen molar-refractivity contribution in [2.45, 2.75) is 20.0 Å². The average Bonchev–Trinajstić information content (AvgIpc) is 3.52. The molecule has 0 unspecified atom stereocenters. The Balaban J connectivity index is 1.55. The van der Waals surface area contributed by atoms with Crippen molar-refractivity contribution in [1.82, 2.24) is 24.9 Å². The summed E-state index contributed by atoms with van der Waals surface area (Å²) in [6.45, 7) is 2.74. The first-order valence-electron chi connectivity index (χ1n) is 10.2. The van der Waals surface area contributed by atoms with Crippen LogP contribution >= 0.6 is 0 Å². The van der Waals surface area contributed by atoms with Gasteiger partial charge < -0.3 is 14.1 Å². The first-order chi connectivity index (χ1) is 15.6. The van der Waals surface area contributed by atoms with E-state index in [1.165, 1.54) is 6.26 Å². The van der Waals surface area contributed by atoms with Crippen LogP contribution in [-0.4, -0.2) is 38.0 Å². The molecule has 5 rings (SSSR count). The minimum Gasteiger partial charge on any atom is -0.497 e. The van der Waals surface area contributed by atoms with E-state index in [9.17, 15) is 4.79 Å². The average molecular weight is 427 g/mol. The van der Waals surface area contributed by atoms with Gasteiger partial charge in [0.25, 0.3) is 5.91 Å². The SMILES string of the molecule is COc1ccc(CN(Cc2cc3ccc(C)cc3n3nnnc23)C(=O)c2ccco2)cc1. The molecule has 0 spiro atoms. The van der Waals surface area contributed by atoms with Gasteiger partial charge in [0.15, 0.2) is 11.4 Å². The Bertz CT molecular complexity index is 1390. The molecule has 0 aliphatic heterocycles. The number of tetrazole rings is 1. The zero-order valence-corrected chi connectivity index (χ0v) is 17.7. The maximum atomic E-state index is 13.3. The molecule has 0 aliphatic carbocycles. The smallest absolute Gasteiger partial charge is 0.290 e. The van der Waals surface area contributed by atoms with Gasteiger partial charge in [-0.05, 0) is 64.9 Å². The summed E-state index contributed by atoms with van der Waals surface area (Å²) < 4.78 is 12.4. The van der Waals surface area contributed by atoms with Crippen molar-refractivity contribution in [2.75, 3.05) is 7.11 Å². The van der Waals surface area contributed by atoms with Crippen molar-refractivity contribution in [1.29, 1.82) is 0 Å². The number of aromatic nitrogens is 4. The number of amides is 1. The summed E-state index contributed by atoms with van der Waals surface area (Å²) >= 11 is 0. The monoisotopic (exact) mass is 427 g/mol. The topological polar surface area (TPSA) is 85.8 Å². The summed E-state index contributed by atoms with van der Waals surface area (Å²) in [5.41, 5.74) is 4.48. The van der Waals surface area contributed by atoms with Crippen LogP contribution < -0.4 is 4.74 Å². The van der Waals surface area contributed by atoms with Gasteiger partial charge in [-0.2, -0.15) is 4.52 Å². The highest BCUT2D eigenvalue weighted by Gasteiger charge is 2.21. The molecule has 0 aliphatic rings. The van der Waals surface area contributed by atoms with Crippen LogP contribution in [0.15, 0.2) is 71.3 Å². The molecule has 5 aromatic rings. The van der Waals surface area contributed by atoms with Gasteiger partial charge in [0.2, 0.25) is 0 Å². The van der Waals surface area contributed by atoms with Crippen LogP contribution in [0.25, 0.3) is 16.6 Å². The van der Waals surface area contributed by atoms with E-state index in [-0.39, 0.29) is 11.7 Å². The molecule has 8 nitrogen and oxygen atoms in total. The molecule has 0 saturated carbocycles. The lowest BCUT2D eigenvalue weighted by Crippen LogP contribution is -2.30. The number of carbonyl (C=O) groups excluding carboxylic acids is 1. The third-order valence-electron chi connectivity index (χ3n) is 5.41. The van der Waals surface area contributed by atoms with Crippen molar-refractivity contribution in [3.8, 4) is 5.75 Å². The molecule has 2 aromatic carbocycles. The highest BCUT2D eigenvalue weighted by molar-refractivity contribution is 5.91. The normalized spacial score (nSPS) is 11.2. The van der Waals surface area contributed by atoms with Gasteiger partial charge in [0.1, 0.15) is 5.75 Å². The van der Waals surface area contributed by atoms with E-state index >= 15 is 0 Å². The molecule has 0 fully saturated rings. The van der Waals surface area contributed by atoms with Crippen molar-refractivity contribution >= 4 is 22.5 Å². The summed E-state index contributed by atoms with van der Waals surface area (Å²) in [6, 6.07) is 19.2. The van der Waals surface area contributed by atoms with Gasteiger partial charge in [-0.15, -0.1) is 5.10 Å². The summed E-state index contributed by atoms with van der Waals surface area (Å²) in [7, 11) is 1.63. The third-order valence-corrected chi connectivity index (χ3v) is 5.41. The molecule has 8 heteroatoms. The van der Waals surface area contributed by atoms with Crippen molar-refractivity contribution in [2.24, 2.45) is 0 Å². The number of hydrogen-bond acceptors (Lipinski definition) is 6. The van der Waals surface area contributed by atoms with E-state index in [2.05, 4.69) is 15.5 Å². The largest absolute Gasteiger partial charge is 0.497 e. The number of aryl methyl sites for hydroxylation is 1. The van der Waals surface area contributed by atoms with Crippen molar-refractivity contribution < 1.29 is 13.9 Å². The number of benzene rings is 2.